The Labute approximate surface area is 186 Å². The molecule has 0 aromatic carbocycles. The predicted molar refractivity (Wildman–Crippen MR) is 120 cm³/mol. The highest BCUT2D eigenvalue weighted by Crippen LogP contribution is 2.25. The molecule has 0 amide bonds. The smallest absolute Gasteiger partial charge is 0.357 e. The van der Waals surface area contributed by atoms with Gasteiger partial charge in [-0.3, -0.25) is 9.89 Å². The van der Waals surface area contributed by atoms with Gasteiger partial charge in [-0.15, -0.1) is 35.3 Å². The summed E-state index contributed by atoms with van der Waals surface area (Å²) in [6.07, 6.45) is -3.41. The van der Waals surface area contributed by atoms with Crippen LogP contribution in [0.5, 0.6) is 0 Å². The van der Waals surface area contributed by atoms with Gasteiger partial charge in [0.25, 0.3) is 0 Å². The van der Waals surface area contributed by atoms with E-state index in [0.29, 0.717) is 38.6 Å². The summed E-state index contributed by atoms with van der Waals surface area (Å²) in [6, 6.07) is -1.40. The summed E-state index contributed by atoms with van der Waals surface area (Å²) in [6.45, 7) is 10.7. The molecule has 162 valence electrons. The van der Waals surface area contributed by atoms with E-state index in [4.69, 9.17) is 0 Å². The standard InChI is InChI=1S/C18H30F3N5S.HI/c1-5-22-17(23-7-6-15-12-27-16(24-15)13(2)3)26-10-8-25(9-11-26)14(4)18(19,20)21;/h12-14H,5-11H2,1-4H3,(H,22,23);1H. The van der Waals surface area contributed by atoms with Crippen LogP contribution in [0.4, 0.5) is 13.2 Å². The van der Waals surface area contributed by atoms with Crippen molar-refractivity contribution in [2.75, 3.05) is 39.3 Å². The number of hydrogen-bond donors (Lipinski definition) is 1. The molecule has 0 saturated carbocycles. The van der Waals surface area contributed by atoms with Crippen LogP contribution in [0, 0.1) is 0 Å². The molecule has 1 unspecified atom stereocenters. The Balaban J connectivity index is 0.00000392. The van der Waals surface area contributed by atoms with E-state index in [-0.39, 0.29) is 24.0 Å². The van der Waals surface area contributed by atoms with E-state index >= 15 is 0 Å². The van der Waals surface area contributed by atoms with Crippen LogP contribution in [0.25, 0.3) is 0 Å². The molecule has 1 atom stereocenters. The van der Waals surface area contributed by atoms with Crippen molar-refractivity contribution in [1.29, 1.82) is 0 Å². The van der Waals surface area contributed by atoms with Crippen molar-refractivity contribution < 1.29 is 13.2 Å². The van der Waals surface area contributed by atoms with Crippen LogP contribution in [0.15, 0.2) is 10.4 Å². The molecule has 5 nitrogen and oxygen atoms in total. The number of alkyl halides is 3. The SMILES string of the molecule is CCNC(=NCCc1csc(C(C)C)n1)N1CCN(C(C)C(F)(F)F)CC1.I. The van der Waals surface area contributed by atoms with Crippen LogP contribution in [-0.4, -0.2) is 72.2 Å². The number of aromatic nitrogens is 1. The number of rotatable bonds is 6. The fourth-order valence-corrected chi connectivity index (χ4v) is 3.80. The van der Waals surface area contributed by atoms with Crippen LogP contribution in [-0.2, 0) is 6.42 Å². The van der Waals surface area contributed by atoms with E-state index < -0.39 is 12.2 Å². The van der Waals surface area contributed by atoms with E-state index in [1.165, 1.54) is 11.8 Å². The third-order valence-corrected chi connectivity index (χ3v) is 5.86. The highest BCUT2D eigenvalue weighted by atomic mass is 127. The molecule has 0 bridgehead atoms. The van der Waals surface area contributed by atoms with Crippen molar-refractivity contribution in [2.45, 2.75) is 52.3 Å². The Kier molecular flexibility index (Phi) is 10.5. The summed E-state index contributed by atoms with van der Waals surface area (Å²) in [7, 11) is 0. The first-order valence-corrected chi connectivity index (χ1v) is 10.4. The Morgan fingerprint density at radius 2 is 1.89 bits per heavy atom. The van der Waals surface area contributed by atoms with Crippen LogP contribution in [0.2, 0.25) is 0 Å². The topological polar surface area (TPSA) is 43.8 Å². The van der Waals surface area contributed by atoms with E-state index in [9.17, 15) is 13.2 Å². The monoisotopic (exact) mass is 533 g/mol. The first-order chi connectivity index (χ1) is 12.7. The van der Waals surface area contributed by atoms with Gasteiger partial charge >= 0.3 is 6.18 Å². The molecule has 1 saturated heterocycles. The van der Waals surface area contributed by atoms with E-state index in [1.807, 2.05) is 11.8 Å². The lowest BCUT2D eigenvalue weighted by molar-refractivity contribution is -0.181. The Bertz CT molecular complexity index is 613. The molecule has 0 spiro atoms. The zero-order valence-corrected chi connectivity index (χ0v) is 20.1. The number of guanidine groups is 1. The van der Waals surface area contributed by atoms with Crippen molar-refractivity contribution in [3.05, 3.63) is 16.1 Å². The molecule has 1 aromatic heterocycles. The summed E-state index contributed by atoms with van der Waals surface area (Å²) in [5.74, 6) is 1.20. The summed E-state index contributed by atoms with van der Waals surface area (Å²) in [4.78, 5) is 12.8. The van der Waals surface area contributed by atoms with Crippen molar-refractivity contribution >= 4 is 41.3 Å². The lowest BCUT2D eigenvalue weighted by atomic mass is 10.2. The number of halogens is 4. The second kappa shape index (κ2) is 11.5. The van der Waals surface area contributed by atoms with Gasteiger partial charge in [0.05, 0.1) is 10.7 Å². The maximum Gasteiger partial charge on any atom is 0.403 e. The fraction of sp³-hybridized carbons (Fsp3) is 0.778. The predicted octanol–water partition coefficient (Wildman–Crippen LogP) is 3.96. The second-order valence-electron chi connectivity index (χ2n) is 7.06. The minimum Gasteiger partial charge on any atom is -0.357 e. The van der Waals surface area contributed by atoms with Gasteiger partial charge in [0.2, 0.25) is 0 Å². The van der Waals surface area contributed by atoms with Gasteiger partial charge < -0.3 is 10.2 Å². The molecular formula is C18H31F3IN5S. The molecule has 1 aromatic rings. The van der Waals surface area contributed by atoms with Gasteiger partial charge in [-0.25, -0.2) is 4.98 Å². The first-order valence-electron chi connectivity index (χ1n) is 9.50. The fourth-order valence-electron chi connectivity index (χ4n) is 2.93. The molecule has 1 aliphatic rings. The molecular weight excluding hydrogens is 502 g/mol. The number of thiazole rings is 1. The van der Waals surface area contributed by atoms with Crippen LogP contribution >= 0.6 is 35.3 Å². The van der Waals surface area contributed by atoms with Gasteiger partial charge in [-0.2, -0.15) is 13.2 Å². The van der Waals surface area contributed by atoms with Crippen molar-refractivity contribution in [1.82, 2.24) is 20.1 Å². The Morgan fingerprint density at radius 3 is 2.39 bits per heavy atom. The molecule has 1 fully saturated rings. The maximum atomic E-state index is 12.9. The van der Waals surface area contributed by atoms with Crippen molar-refractivity contribution in [3.63, 3.8) is 0 Å². The quantitative estimate of drug-likeness (QED) is 0.342. The number of nitrogens with zero attached hydrogens (tertiary/aromatic N) is 4. The molecule has 28 heavy (non-hydrogen) atoms. The van der Waals surface area contributed by atoms with Crippen molar-refractivity contribution in [2.24, 2.45) is 4.99 Å². The van der Waals surface area contributed by atoms with Gasteiger partial charge in [0.1, 0.15) is 6.04 Å². The average molecular weight is 533 g/mol. The van der Waals surface area contributed by atoms with Gasteiger partial charge in [0, 0.05) is 57.0 Å². The first kappa shape index (κ1) is 25.4. The number of piperazine rings is 1. The molecule has 2 rings (SSSR count). The Hall–Kier alpha value is -0.620. The Morgan fingerprint density at radius 1 is 1.25 bits per heavy atom. The molecule has 0 aliphatic carbocycles. The zero-order chi connectivity index (χ0) is 20.0. The van der Waals surface area contributed by atoms with Crippen LogP contribution in [0.3, 0.4) is 0 Å². The summed E-state index contributed by atoms with van der Waals surface area (Å²) in [5.41, 5.74) is 1.05. The molecule has 2 heterocycles. The molecule has 0 radical (unpaired) electrons. The van der Waals surface area contributed by atoms with Crippen molar-refractivity contribution in [3.8, 4) is 0 Å². The zero-order valence-electron chi connectivity index (χ0n) is 16.9. The number of nitrogens with one attached hydrogen (secondary N) is 1. The van der Waals surface area contributed by atoms with Gasteiger partial charge in [0.15, 0.2) is 5.96 Å². The summed E-state index contributed by atoms with van der Waals surface area (Å²) >= 11 is 1.68. The minimum absolute atomic E-state index is 0. The number of aliphatic imine (C=N–C) groups is 1. The number of hydrogen-bond acceptors (Lipinski definition) is 4. The molecule has 1 aliphatic heterocycles. The highest BCUT2D eigenvalue weighted by molar-refractivity contribution is 14.0. The van der Waals surface area contributed by atoms with Gasteiger partial charge in [-0.05, 0) is 13.8 Å². The van der Waals surface area contributed by atoms with E-state index in [0.717, 1.165) is 29.6 Å². The van der Waals surface area contributed by atoms with Crippen LogP contribution in [0.1, 0.15) is 44.3 Å². The third kappa shape index (κ3) is 7.33. The summed E-state index contributed by atoms with van der Waals surface area (Å²) < 4.78 is 38.7. The van der Waals surface area contributed by atoms with E-state index in [1.54, 1.807) is 11.3 Å². The maximum absolute atomic E-state index is 12.9. The normalized spacial score (nSPS) is 17.6. The second-order valence-corrected chi connectivity index (χ2v) is 7.95. The highest BCUT2D eigenvalue weighted by Gasteiger charge is 2.41. The molecule has 1 N–H and O–H groups in total. The average Bonchev–Trinajstić information content (AvgIpc) is 3.09. The van der Waals surface area contributed by atoms with Crippen LogP contribution < -0.4 is 5.32 Å². The molecule has 10 heteroatoms. The van der Waals surface area contributed by atoms with E-state index in [2.05, 4.69) is 34.5 Å². The lowest BCUT2D eigenvalue weighted by Gasteiger charge is -2.39. The minimum atomic E-state index is -4.18. The third-order valence-electron chi connectivity index (χ3n) is 4.66. The lowest BCUT2D eigenvalue weighted by Crippen LogP contribution is -2.56. The largest absolute Gasteiger partial charge is 0.403 e. The van der Waals surface area contributed by atoms with Gasteiger partial charge in [-0.1, -0.05) is 13.8 Å². The summed E-state index contributed by atoms with van der Waals surface area (Å²) in [5, 5.41) is 6.47.